The predicted molar refractivity (Wildman–Crippen MR) is 62.8 cm³/mol. The summed E-state index contributed by atoms with van der Waals surface area (Å²) >= 11 is 0. The Morgan fingerprint density at radius 1 is 1.33 bits per heavy atom. The molecule has 0 aromatic rings. The molecule has 102 valence electrons. The molecule has 1 fully saturated rings. The average molecular weight is 257 g/mol. The third kappa shape index (κ3) is 5.65. The molecule has 6 nitrogen and oxygen atoms in total. The van der Waals surface area contributed by atoms with Crippen LogP contribution >= 0.6 is 0 Å². The summed E-state index contributed by atoms with van der Waals surface area (Å²) in [6, 6.07) is -0.308. The number of esters is 1. The Morgan fingerprint density at radius 2 is 2.00 bits per heavy atom. The fourth-order valence-corrected chi connectivity index (χ4v) is 1.75. The summed E-state index contributed by atoms with van der Waals surface area (Å²) in [5.74, 6) is -1.35. The number of ether oxygens (including phenoxy) is 1. The molecule has 0 aliphatic heterocycles. The highest BCUT2D eigenvalue weighted by Gasteiger charge is 2.33. The van der Waals surface area contributed by atoms with Crippen molar-refractivity contribution in [3.05, 3.63) is 0 Å². The van der Waals surface area contributed by atoms with E-state index in [9.17, 15) is 14.4 Å². The number of carbonyl (C=O) groups excluding carboxylic acids is 2. The lowest BCUT2D eigenvalue weighted by molar-refractivity contribution is -0.144. The molecule has 0 bridgehead atoms. The monoisotopic (exact) mass is 257 g/mol. The molecule has 0 aromatic heterocycles. The second kappa shape index (κ2) is 6.98. The fourth-order valence-electron chi connectivity index (χ4n) is 1.75. The Hall–Kier alpha value is -1.59. The largest absolute Gasteiger partial charge is 0.481 e. The molecule has 1 saturated carbocycles. The molecule has 1 rings (SSSR count). The minimum Gasteiger partial charge on any atom is -0.481 e. The molecule has 1 aliphatic rings. The van der Waals surface area contributed by atoms with Gasteiger partial charge in [-0.1, -0.05) is 0 Å². The fraction of sp³-hybridized carbons (Fsp3) is 0.750. The van der Waals surface area contributed by atoms with E-state index < -0.39 is 11.9 Å². The van der Waals surface area contributed by atoms with Crippen molar-refractivity contribution in [2.24, 2.45) is 5.92 Å². The van der Waals surface area contributed by atoms with Crippen LogP contribution in [-0.4, -0.2) is 35.6 Å². The molecule has 18 heavy (non-hydrogen) atoms. The van der Waals surface area contributed by atoms with Gasteiger partial charge in [0.25, 0.3) is 0 Å². The second-order valence-corrected chi connectivity index (χ2v) is 4.41. The lowest BCUT2D eigenvalue weighted by Gasteiger charge is -2.15. The number of carbonyl (C=O) groups is 3. The first-order chi connectivity index (χ1) is 8.52. The molecular weight excluding hydrogens is 238 g/mol. The van der Waals surface area contributed by atoms with Gasteiger partial charge in [0.1, 0.15) is 0 Å². The van der Waals surface area contributed by atoms with E-state index in [1.807, 2.05) is 0 Å². The zero-order chi connectivity index (χ0) is 13.5. The van der Waals surface area contributed by atoms with Crippen molar-refractivity contribution in [1.29, 1.82) is 0 Å². The quantitative estimate of drug-likeness (QED) is 0.624. The van der Waals surface area contributed by atoms with Gasteiger partial charge in [-0.3, -0.25) is 14.4 Å². The highest BCUT2D eigenvalue weighted by molar-refractivity contribution is 5.82. The molecule has 0 spiro atoms. The number of carboxylic acid groups (broad SMARTS) is 1. The number of carboxylic acids is 1. The van der Waals surface area contributed by atoms with Gasteiger partial charge in [0.2, 0.25) is 5.91 Å². The summed E-state index contributed by atoms with van der Waals surface area (Å²) in [6.45, 7) is 2.00. The van der Waals surface area contributed by atoms with Gasteiger partial charge in [-0.25, -0.2) is 0 Å². The Bertz CT molecular complexity index is 324. The predicted octanol–water partition coefficient (Wildman–Crippen LogP) is 0.699. The normalized spacial score (nSPS) is 15.8. The first-order valence-corrected chi connectivity index (χ1v) is 6.19. The van der Waals surface area contributed by atoms with Crippen molar-refractivity contribution < 1.29 is 24.2 Å². The average Bonchev–Trinajstić information content (AvgIpc) is 3.09. The van der Waals surface area contributed by atoms with Crippen molar-refractivity contribution in [3.8, 4) is 0 Å². The zero-order valence-corrected chi connectivity index (χ0v) is 10.5. The smallest absolute Gasteiger partial charge is 0.306 e. The Labute approximate surface area is 106 Å². The molecule has 6 heteroatoms. The lowest BCUT2D eigenvalue weighted by atomic mass is 10.1. The van der Waals surface area contributed by atoms with Gasteiger partial charge in [-0.2, -0.15) is 0 Å². The molecule has 1 amide bonds. The molecule has 1 aliphatic carbocycles. The van der Waals surface area contributed by atoms with E-state index in [2.05, 4.69) is 5.32 Å². The van der Waals surface area contributed by atoms with E-state index in [0.717, 1.165) is 12.8 Å². The van der Waals surface area contributed by atoms with Crippen LogP contribution in [0.15, 0.2) is 0 Å². The summed E-state index contributed by atoms with van der Waals surface area (Å²) < 4.78 is 4.71. The number of aliphatic carboxylic acids is 1. The van der Waals surface area contributed by atoms with E-state index in [1.165, 1.54) is 0 Å². The van der Waals surface area contributed by atoms with Crippen LogP contribution in [0.4, 0.5) is 0 Å². The molecule has 0 aromatic carbocycles. The topological polar surface area (TPSA) is 92.7 Å². The van der Waals surface area contributed by atoms with Gasteiger partial charge in [-0.05, 0) is 25.7 Å². The minimum absolute atomic E-state index is 0.0319. The third-order valence-electron chi connectivity index (χ3n) is 2.79. The van der Waals surface area contributed by atoms with Crippen LogP contribution in [0.2, 0.25) is 0 Å². The van der Waals surface area contributed by atoms with E-state index in [1.54, 1.807) is 6.92 Å². The maximum Gasteiger partial charge on any atom is 0.306 e. The Balaban J connectivity index is 2.28. The molecule has 1 unspecified atom stereocenters. The number of rotatable bonds is 8. The van der Waals surface area contributed by atoms with Crippen LogP contribution in [0.25, 0.3) is 0 Å². The SMILES string of the molecule is CCOC(=O)CCC(=O)NC(CC(=O)O)C1CC1. The summed E-state index contributed by atoms with van der Waals surface area (Å²) in [7, 11) is 0. The van der Waals surface area contributed by atoms with Crippen molar-refractivity contribution in [1.82, 2.24) is 5.32 Å². The Morgan fingerprint density at radius 3 is 2.50 bits per heavy atom. The summed E-state index contributed by atoms with van der Waals surface area (Å²) in [5.41, 5.74) is 0. The van der Waals surface area contributed by atoms with Crippen molar-refractivity contribution >= 4 is 17.8 Å². The van der Waals surface area contributed by atoms with Gasteiger partial charge in [-0.15, -0.1) is 0 Å². The van der Waals surface area contributed by atoms with Crippen LogP contribution in [0.5, 0.6) is 0 Å². The van der Waals surface area contributed by atoms with Gasteiger partial charge < -0.3 is 15.2 Å². The van der Waals surface area contributed by atoms with Crippen LogP contribution in [0.3, 0.4) is 0 Å². The zero-order valence-electron chi connectivity index (χ0n) is 10.5. The molecular formula is C12H19NO5. The molecule has 0 radical (unpaired) electrons. The number of nitrogens with one attached hydrogen (secondary N) is 1. The summed E-state index contributed by atoms with van der Waals surface area (Å²) in [5, 5.41) is 11.4. The van der Waals surface area contributed by atoms with E-state index >= 15 is 0 Å². The van der Waals surface area contributed by atoms with Gasteiger partial charge in [0.05, 0.1) is 19.4 Å². The third-order valence-corrected chi connectivity index (χ3v) is 2.79. The van der Waals surface area contributed by atoms with Crippen molar-refractivity contribution in [2.75, 3.05) is 6.61 Å². The number of hydrogen-bond acceptors (Lipinski definition) is 4. The van der Waals surface area contributed by atoms with Crippen LogP contribution in [-0.2, 0) is 19.1 Å². The summed E-state index contributed by atoms with van der Waals surface area (Å²) in [6.07, 6.45) is 1.92. The number of amides is 1. The van der Waals surface area contributed by atoms with Crippen LogP contribution < -0.4 is 5.32 Å². The van der Waals surface area contributed by atoms with Crippen LogP contribution in [0, 0.1) is 5.92 Å². The maximum absolute atomic E-state index is 11.6. The molecule has 2 N–H and O–H groups in total. The number of hydrogen-bond donors (Lipinski definition) is 2. The van der Waals surface area contributed by atoms with Crippen molar-refractivity contribution in [2.45, 2.75) is 45.1 Å². The van der Waals surface area contributed by atoms with Gasteiger partial charge >= 0.3 is 11.9 Å². The second-order valence-electron chi connectivity index (χ2n) is 4.41. The highest BCUT2D eigenvalue weighted by atomic mass is 16.5. The first kappa shape index (κ1) is 14.5. The van der Waals surface area contributed by atoms with Crippen LogP contribution in [0.1, 0.15) is 39.0 Å². The maximum atomic E-state index is 11.6. The molecule has 1 atom stereocenters. The van der Waals surface area contributed by atoms with Gasteiger partial charge in [0, 0.05) is 12.5 Å². The Kier molecular flexibility index (Phi) is 5.61. The summed E-state index contributed by atoms with van der Waals surface area (Å²) in [4.78, 5) is 33.3. The first-order valence-electron chi connectivity index (χ1n) is 6.19. The standard InChI is InChI=1S/C12H19NO5/c1-2-18-12(17)6-5-10(14)13-9(7-11(15)16)8-3-4-8/h8-9H,2-7H2,1H3,(H,13,14)(H,15,16). The lowest BCUT2D eigenvalue weighted by Crippen LogP contribution is -2.38. The highest BCUT2D eigenvalue weighted by Crippen LogP contribution is 2.34. The van der Waals surface area contributed by atoms with E-state index in [0.29, 0.717) is 6.61 Å². The van der Waals surface area contributed by atoms with E-state index in [-0.39, 0.29) is 37.1 Å². The van der Waals surface area contributed by atoms with Crippen molar-refractivity contribution in [3.63, 3.8) is 0 Å². The van der Waals surface area contributed by atoms with Gasteiger partial charge in [0.15, 0.2) is 0 Å². The van der Waals surface area contributed by atoms with E-state index in [4.69, 9.17) is 9.84 Å². The molecule has 0 saturated heterocycles. The molecule has 0 heterocycles. The minimum atomic E-state index is -0.919.